The van der Waals surface area contributed by atoms with Crippen LogP contribution in [0.3, 0.4) is 0 Å². The molecule has 99 valence electrons. The van der Waals surface area contributed by atoms with Gasteiger partial charge in [-0.05, 0) is 17.5 Å². The lowest BCUT2D eigenvalue weighted by atomic mass is 8.64. The van der Waals surface area contributed by atoms with E-state index < -0.39 is 24.5 Å². The van der Waals surface area contributed by atoms with Gasteiger partial charge in [-0.15, -0.1) is 0 Å². The fraction of sp³-hybridized carbons (Fsp3) is 0.400. The van der Waals surface area contributed by atoms with Crippen LogP contribution in [0.5, 0.6) is 0 Å². The Bertz CT molecular complexity index is 428. The summed E-state index contributed by atoms with van der Waals surface area (Å²) >= 11 is 0. The van der Waals surface area contributed by atoms with Crippen LogP contribution in [0, 0.1) is 0 Å². The first-order valence-electron chi connectivity index (χ1n) is 6.75. The van der Waals surface area contributed by atoms with Crippen molar-refractivity contribution in [3.8, 4) is 0 Å². The zero-order valence-electron chi connectivity index (χ0n) is 12.7. The molecule has 0 aromatic heterocycles. The van der Waals surface area contributed by atoms with Crippen LogP contribution in [0.25, 0.3) is 0 Å². The van der Waals surface area contributed by atoms with Crippen LogP contribution in [0.2, 0.25) is 0 Å². The Hall–Kier alpha value is -0.406. The molecular formula is C10H11B9F3. The topological polar surface area (TPSA) is 0 Å². The summed E-state index contributed by atoms with van der Waals surface area (Å²) in [6.07, 6.45) is -5.70. The molecule has 0 unspecified atom stereocenters. The second-order valence-electron chi connectivity index (χ2n) is 5.16. The molecule has 22 heavy (non-hydrogen) atoms. The normalized spacial score (nSPS) is 10.5. The molecule has 0 atom stereocenters. The third-order valence-electron chi connectivity index (χ3n) is 3.00. The van der Waals surface area contributed by atoms with E-state index in [-0.39, 0.29) is 12.3 Å². The summed E-state index contributed by atoms with van der Waals surface area (Å²) < 4.78 is 37.2. The van der Waals surface area contributed by atoms with E-state index in [1.165, 1.54) is 19.2 Å². The Kier molecular flexibility index (Phi) is 9.49. The molecule has 0 nitrogen and oxygen atoms in total. The van der Waals surface area contributed by atoms with E-state index in [1.54, 1.807) is 19.9 Å². The largest absolute Gasteiger partial charge is 0.416 e. The molecule has 0 heterocycles. The average Bonchev–Trinajstić information content (AvgIpc) is 2.38. The monoisotopic (exact) mass is 287 g/mol. The van der Waals surface area contributed by atoms with Crippen LogP contribution in [0.15, 0.2) is 24.3 Å². The van der Waals surface area contributed by atoms with E-state index in [1.807, 2.05) is 0 Å². The lowest BCUT2D eigenvalue weighted by Crippen LogP contribution is -2.55. The van der Waals surface area contributed by atoms with Crippen molar-refractivity contribution in [3.05, 3.63) is 35.4 Å². The summed E-state index contributed by atoms with van der Waals surface area (Å²) in [4.78, 5) is 0. The minimum absolute atomic E-state index is 0.0992. The maximum absolute atomic E-state index is 12.4. The third kappa shape index (κ3) is 7.24. The van der Waals surface area contributed by atoms with Gasteiger partial charge in [0.1, 0.15) is 0 Å². The molecule has 0 spiro atoms. The SMILES string of the molecule is CC(C)c1ccccc1C(F)(F)F.[B][B]B(B([B])[B])B([B])[B]. The highest BCUT2D eigenvalue weighted by atomic mass is 19.4. The first-order chi connectivity index (χ1) is 10.0. The molecule has 0 N–H and O–H groups in total. The van der Waals surface area contributed by atoms with Crippen molar-refractivity contribution in [3.63, 3.8) is 0 Å². The Balaban J connectivity index is 0.000000433. The number of halogens is 3. The molecule has 1 aromatic rings. The summed E-state index contributed by atoms with van der Waals surface area (Å²) in [6, 6.07) is 5.68. The first kappa shape index (κ1) is 21.6. The van der Waals surface area contributed by atoms with Crippen molar-refractivity contribution in [2.75, 3.05) is 0 Å². The van der Waals surface area contributed by atoms with Gasteiger partial charge in [0.05, 0.1) is 5.56 Å². The van der Waals surface area contributed by atoms with Crippen LogP contribution >= 0.6 is 0 Å². The minimum Gasteiger partial charge on any atom is -0.166 e. The quantitative estimate of drug-likeness (QED) is 0.703. The predicted molar refractivity (Wildman–Crippen MR) is 97.3 cm³/mol. The van der Waals surface area contributed by atoms with Gasteiger partial charge in [-0.1, -0.05) is 32.0 Å². The Morgan fingerprint density at radius 2 is 1.45 bits per heavy atom. The van der Waals surface area contributed by atoms with E-state index in [0.29, 0.717) is 5.56 Å². The smallest absolute Gasteiger partial charge is 0.166 e. The second-order valence-corrected chi connectivity index (χ2v) is 5.16. The van der Waals surface area contributed by atoms with Crippen molar-refractivity contribution in [1.29, 1.82) is 0 Å². The van der Waals surface area contributed by atoms with Gasteiger partial charge < -0.3 is 0 Å². The van der Waals surface area contributed by atoms with E-state index in [9.17, 15) is 13.2 Å². The molecular weight excluding hydrogens is 274 g/mol. The molecule has 12 heteroatoms. The number of rotatable bonds is 4. The predicted octanol–water partition coefficient (Wildman–Crippen LogP) is 0.402. The molecule has 0 fully saturated rings. The fourth-order valence-electron chi connectivity index (χ4n) is 1.77. The zero-order chi connectivity index (χ0) is 17.5. The van der Waals surface area contributed by atoms with E-state index >= 15 is 0 Å². The second kappa shape index (κ2) is 9.67. The highest BCUT2D eigenvalue weighted by Crippen LogP contribution is 2.34. The van der Waals surface area contributed by atoms with Crippen LogP contribution in [0.1, 0.15) is 30.9 Å². The van der Waals surface area contributed by atoms with E-state index in [0.717, 1.165) is 6.07 Å². The van der Waals surface area contributed by atoms with Gasteiger partial charge in [0.25, 0.3) is 0 Å². The van der Waals surface area contributed by atoms with Gasteiger partial charge in [0.2, 0.25) is 0 Å². The van der Waals surface area contributed by atoms with Gasteiger partial charge in [-0.2, -0.15) is 13.2 Å². The molecule has 11 radical (unpaired) electrons. The van der Waals surface area contributed by atoms with Gasteiger partial charge in [-0.25, -0.2) is 0 Å². The summed E-state index contributed by atoms with van der Waals surface area (Å²) in [6.45, 7) is 3.51. The number of benzene rings is 1. The van der Waals surface area contributed by atoms with E-state index in [2.05, 4.69) is 0 Å². The Labute approximate surface area is 139 Å². The molecule has 0 saturated heterocycles. The lowest BCUT2D eigenvalue weighted by Gasteiger charge is -2.17. The minimum atomic E-state index is -4.24. The van der Waals surface area contributed by atoms with Crippen molar-refractivity contribution in [2.24, 2.45) is 0 Å². The summed E-state index contributed by atoms with van der Waals surface area (Å²) in [5, 5.41) is 0. The highest BCUT2D eigenvalue weighted by Gasteiger charge is 2.33. The van der Waals surface area contributed by atoms with Gasteiger partial charge in [0.15, 0.2) is 0 Å². The lowest BCUT2D eigenvalue weighted by molar-refractivity contribution is -0.138. The molecule has 0 bridgehead atoms. The van der Waals surface area contributed by atoms with Crippen molar-refractivity contribution in [1.82, 2.24) is 0 Å². The maximum Gasteiger partial charge on any atom is 0.416 e. The molecule has 0 saturated carbocycles. The molecule has 1 rings (SSSR count). The number of hydrogen-bond donors (Lipinski definition) is 0. The summed E-state index contributed by atoms with van der Waals surface area (Å²) in [5.74, 6) is -0.0992. The van der Waals surface area contributed by atoms with Crippen LogP contribution in [0.4, 0.5) is 13.2 Å². The van der Waals surface area contributed by atoms with Crippen molar-refractivity contribution >= 4 is 64.9 Å². The van der Waals surface area contributed by atoms with Crippen molar-refractivity contribution < 1.29 is 13.2 Å². The van der Waals surface area contributed by atoms with Crippen molar-refractivity contribution in [2.45, 2.75) is 25.9 Å². The highest BCUT2D eigenvalue weighted by molar-refractivity contribution is 7.93. The Morgan fingerprint density at radius 1 is 1.00 bits per heavy atom. The number of alkyl halides is 3. The summed E-state index contributed by atoms with van der Waals surface area (Å²) in [5.41, 5.74) is -0.167. The first-order valence-corrected chi connectivity index (χ1v) is 6.75. The number of hydrogen-bond acceptors (Lipinski definition) is 0. The molecule has 0 amide bonds. The standard InChI is InChI=1S/C10H11F3.B9/c1-7(2)8-5-3-4-6-9(8)10(11,12)13;1-6-9(7(2)3)8(4)5/h3-7H,1-2H3;. The van der Waals surface area contributed by atoms with Crippen LogP contribution in [-0.2, 0) is 6.18 Å². The molecule has 0 aliphatic rings. The average molecular weight is 286 g/mol. The van der Waals surface area contributed by atoms with Gasteiger partial charge in [-0.3, -0.25) is 0 Å². The van der Waals surface area contributed by atoms with Gasteiger partial charge >= 0.3 is 6.18 Å². The summed E-state index contributed by atoms with van der Waals surface area (Å²) in [7, 11) is 27.5. The molecule has 0 aliphatic heterocycles. The van der Waals surface area contributed by atoms with Crippen LogP contribution < -0.4 is 0 Å². The fourth-order valence-corrected chi connectivity index (χ4v) is 1.77. The van der Waals surface area contributed by atoms with E-state index in [4.69, 9.17) is 38.7 Å². The van der Waals surface area contributed by atoms with Crippen LogP contribution in [-0.4, -0.2) is 64.9 Å². The van der Waals surface area contributed by atoms with Gasteiger partial charge in [0, 0.05) is 64.9 Å². The third-order valence-corrected chi connectivity index (χ3v) is 3.00. The molecule has 0 aliphatic carbocycles. The maximum atomic E-state index is 12.4. The zero-order valence-corrected chi connectivity index (χ0v) is 12.7. The molecule has 1 aromatic carbocycles. The Morgan fingerprint density at radius 3 is 1.68 bits per heavy atom.